The molecule has 0 spiro atoms. The molecule has 0 radical (unpaired) electrons. The monoisotopic (exact) mass is 501 g/mol. The number of ether oxygens (including phenoxy) is 2. The Bertz CT molecular complexity index is 1210. The fourth-order valence-corrected chi connectivity index (χ4v) is 5.78. The van der Waals surface area contributed by atoms with Crippen LogP contribution < -0.4 is 14.8 Å². The largest absolute Gasteiger partial charge is 0.495 e. The van der Waals surface area contributed by atoms with Crippen LogP contribution in [0.15, 0.2) is 70.9 Å². The fourth-order valence-electron chi connectivity index (χ4n) is 3.81. The van der Waals surface area contributed by atoms with E-state index in [2.05, 4.69) is 21.0 Å². The average Bonchev–Trinajstić information content (AvgIpc) is 3.39. The molecule has 0 saturated carbocycles. The Kier molecular flexibility index (Phi) is 7.84. The molecule has 8 nitrogen and oxygen atoms in total. The van der Waals surface area contributed by atoms with Crippen LogP contribution in [0.1, 0.15) is 21.3 Å². The molecule has 1 amide bonds. The molecule has 180 valence electrons. The molecule has 2 aromatic carbocycles. The predicted molar refractivity (Wildman–Crippen MR) is 132 cm³/mol. The number of sulfonamides is 1. The molecule has 2 N–H and O–H groups in total. The van der Waals surface area contributed by atoms with Gasteiger partial charge in [-0.2, -0.15) is 0 Å². The number of hydrogen-bond acceptors (Lipinski definition) is 7. The van der Waals surface area contributed by atoms with Gasteiger partial charge in [-0.3, -0.25) is 14.4 Å². The van der Waals surface area contributed by atoms with Crippen LogP contribution in [0, 0.1) is 0 Å². The van der Waals surface area contributed by atoms with Gasteiger partial charge in [0.25, 0.3) is 15.9 Å². The first-order valence-corrected chi connectivity index (χ1v) is 13.2. The van der Waals surface area contributed by atoms with E-state index in [1.165, 1.54) is 24.1 Å². The highest BCUT2D eigenvalue weighted by Gasteiger charge is 2.24. The molecule has 34 heavy (non-hydrogen) atoms. The minimum atomic E-state index is -3.92. The average molecular weight is 502 g/mol. The van der Waals surface area contributed by atoms with E-state index in [1.807, 2.05) is 11.4 Å². The summed E-state index contributed by atoms with van der Waals surface area (Å²) < 4.78 is 39.1. The van der Waals surface area contributed by atoms with Crippen LogP contribution in [0.2, 0.25) is 0 Å². The molecule has 3 aromatic rings. The van der Waals surface area contributed by atoms with E-state index in [0.29, 0.717) is 31.2 Å². The Labute approximate surface area is 203 Å². The summed E-state index contributed by atoms with van der Waals surface area (Å²) in [7, 11) is -2.45. The van der Waals surface area contributed by atoms with Crippen molar-refractivity contribution < 1.29 is 22.7 Å². The van der Waals surface area contributed by atoms with Crippen molar-refractivity contribution in [1.82, 2.24) is 10.2 Å². The molecular weight excluding hydrogens is 474 g/mol. The molecule has 1 aliphatic rings. The van der Waals surface area contributed by atoms with E-state index in [9.17, 15) is 13.2 Å². The maximum absolute atomic E-state index is 13.0. The van der Waals surface area contributed by atoms with Gasteiger partial charge in [0.05, 0.1) is 36.9 Å². The van der Waals surface area contributed by atoms with Gasteiger partial charge in [-0.05, 0) is 41.8 Å². The summed E-state index contributed by atoms with van der Waals surface area (Å²) in [6.45, 7) is 3.32. The predicted octanol–water partition coefficient (Wildman–Crippen LogP) is 3.36. The van der Waals surface area contributed by atoms with Gasteiger partial charge in [-0.1, -0.05) is 24.3 Å². The van der Waals surface area contributed by atoms with Crippen LogP contribution in [-0.4, -0.2) is 59.2 Å². The zero-order chi connectivity index (χ0) is 24.0. The van der Waals surface area contributed by atoms with E-state index < -0.39 is 10.0 Å². The maximum Gasteiger partial charge on any atom is 0.262 e. The first-order valence-electron chi connectivity index (χ1n) is 10.9. The minimum Gasteiger partial charge on any atom is -0.495 e. The number of para-hydroxylation sites is 2. The molecule has 1 aromatic heterocycles. The number of thiophene rings is 1. The Hall–Kier alpha value is -2.92. The number of nitrogens with zero attached hydrogens (tertiary/aromatic N) is 1. The standard InChI is InChI=1S/C24H27N3O5S2/c1-31-22-9-3-2-8-20(22)26-34(29,30)19-7-4-6-18(16-19)24(28)25-17-21(23-10-5-15-33-23)27-11-13-32-14-12-27/h2-10,15-16,21,26H,11-14,17H2,1H3,(H,25,28)/t21-/m1/s1. The molecule has 10 heteroatoms. The second-order valence-corrected chi connectivity index (χ2v) is 10.4. The van der Waals surface area contributed by atoms with Crippen LogP contribution in [0.3, 0.4) is 0 Å². The summed E-state index contributed by atoms with van der Waals surface area (Å²) in [6.07, 6.45) is 0. The first kappa shape index (κ1) is 24.2. The number of carbonyl (C=O) groups is 1. The topological polar surface area (TPSA) is 97.0 Å². The van der Waals surface area contributed by atoms with Gasteiger partial charge in [-0.25, -0.2) is 8.42 Å². The van der Waals surface area contributed by atoms with Gasteiger partial charge in [0.1, 0.15) is 5.75 Å². The number of benzene rings is 2. The normalized spacial score (nSPS) is 15.4. The number of hydrogen-bond donors (Lipinski definition) is 2. The number of methoxy groups -OCH3 is 1. The van der Waals surface area contributed by atoms with Crippen molar-refractivity contribution in [2.24, 2.45) is 0 Å². The molecule has 1 fully saturated rings. The van der Waals surface area contributed by atoms with Gasteiger partial charge < -0.3 is 14.8 Å². The van der Waals surface area contributed by atoms with E-state index in [0.717, 1.165) is 13.1 Å². The van der Waals surface area contributed by atoms with Crippen molar-refractivity contribution in [2.45, 2.75) is 10.9 Å². The lowest BCUT2D eigenvalue weighted by molar-refractivity contribution is 0.0169. The number of anilines is 1. The van der Waals surface area contributed by atoms with Gasteiger partial charge in [0, 0.05) is 30.1 Å². The Morgan fingerprint density at radius 3 is 2.65 bits per heavy atom. The first-order chi connectivity index (χ1) is 16.5. The molecule has 0 bridgehead atoms. The summed E-state index contributed by atoms with van der Waals surface area (Å²) in [5, 5.41) is 5.00. The van der Waals surface area contributed by atoms with Gasteiger partial charge in [0.2, 0.25) is 0 Å². The Morgan fingerprint density at radius 1 is 1.12 bits per heavy atom. The third-order valence-corrected chi connectivity index (χ3v) is 7.91. The van der Waals surface area contributed by atoms with Crippen LogP contribution in [-0.2, 0) is 14.8 Å². The summed E-state index contributed by atoms with van der Waals surface area (Å²) in [5.41, 5.74) is 0.596. The van der Waals surface area contributed by atoms with Crippen LogP contribution in [0.25, 0.3) is 0 Å². The highest BCUT2D eigenvalue weighted by molar-refractivity contribution is 7.92. The summed E-state index contributed by atoms with van der Waals surface area (Å²) in [6, 6.07) is 16.8. The molecule has 0 aliphatic carbocycles. The summed E-state index contributed by atoms with van der Waals surface area (Å²) >= 11 is 1.65. The maximum atomic E-state index is 13.0. The van der Waals surface area contributed by atoms with Crippen LogP contribution in [0.4, 0.5) is 5.69 Å². The van der Waals surface area contributed by atoms with E-state index in [-0.39, 0.29) is 22.4 Å². The van der Waals surface area contributed by atoms with Crippen LogP contribution >= 0.6 is 11.3 Å². The molecule has 2 heterocycles. The van der Waals surface area contributed by atoms with Crippen molar-refractivity contribution in [1.29, 1.82) is 0 Å². The number of carbonyl (C=O) groups excluding carboxylic acids is 1. The summed E-state index contributed by atoms with van der Waals surface area (Å²) in [4.78, 5) is 16.4. The van der Waals surface area contributed by atoms with Crippen molar-refractivity contribution in [3.05, 3.63) is 76.5 Å². The van der Waals surface area contributed by atoms with Gasteiger partial charge in [-0.15, -0.1) is 11.3 Å². The number of nitrogens with one attached hydrogen (secondary N) is 2. The van der Waals surface area contributed by atoms with Crippen LogP contribution in [0.5, 0.6) is 5.75 Å². The molecule has 1 saturated heterocycles. The van der Waals surface area contributed by atoms with E-state index >= 15 is 0 Å². The molecule has 0 unspecified atom stereocenters. The number of amides is 1. The van der Waals surface area contributed by atoms with Crippen molar-refractivity contribution in [2.75, 3.05) is 44.7 Å². The lowest BCUT2D eigenvalue weighted by Gasteiger charge is -2.34. The second kappa shape index (κ2) is 11.0. The molecule has 1 aliphatic heterocycles. The molecule has 4 rings (SSSR count). The number of rotatable bonds is 9. The van der Waals surface area contributed by atoms with Crippen molar-refractivity contribution in [3.63, 3.8) is 0 Å². The number of morpholine rings is 1. The van der Waals surface area contributed by atoms with Gasteiger partial charge in [0.15, 0.2) is 0 Å². The zero-order valence-electron chi connectivity index (χ0n) is 18.8. The van der Waals surface area contributed by atoms with E-state index in [4.69, 9.17) is 9.47 Å². The zero-order valence-corrected chi connectivity index (χ0v) is 20.4. The fraction of sp³-hybridized carbons (Fsp3) is 0.292. The lowest BCUT2D eigenvalue weighted by Crippen LogP contribution is -2.43. The summed E-state index contributed by atoms with van der Waals surface area (Å²) in [5.74, 6) is 0.0758. The third-order valence-electron chi connectivity index (χ3n) is 5.57. The molecule has 1 atom stereocenters. The highest BCUT2D eigenvalue weighted by Crippen LogP contribution is 2.27. The van der Waals surface area contributed by atoms with Crippen molar-refractivity contribution in [3.8, 4) is 5.75 Å². The second-order valence-electron chi connectivity index (χ2n) is 7.72. The smallest absolute Gasteiger partial charge is 0.262 e. The SMILES string of the molecule is COc1ccccc1NS(=O)(=O)c1cccc(C(=O)NC[C@H](c2cccs2)N2CCOCC2)c1. The molecular formula is C24H27N3O5S2. The quantitative estimate of drug-likeness (QED) is 0.467. The highest BCUT2D eigenvalue weighted by atomic mass is 32.2. The Morgan fingerprint density at radius 2 is 1.91 bits per heavy atom. The van der Waals surface area contributed by atoms with Crippen molar-refractivity contribution >= 4 is 33.0 Å². The van der Waals surface area contributed by atoms with E-state index in [1.54, 1.807) is 47.7 Å². The minimum absolute atomic E-state index is 0.00552. The van der Waals surface area contributed by atoms with Gasteiger partial charge >= 0.3 is 0 Å². The lowest BCUT2D eigenvalue weighted by atomic mass is 10.1. The third kappa shape index (κ3) is 5.76. The Balaban J connectivity index is 1.47.